The van der Waals surface area contributed by atoms with Crippen molar-refractivity contribution in [2.24, 2.45) is 5.73 Å². The number of imidazole rings is 1. The van der Waals surface area contributed by atoms with Crippen molar-refractivity contribution < 1.29 is 14.0 Å². The average Bonchev–Trinajstić information content (AvgIpc) is 3.17. The lowest BCUT2D eigenvalue weighted by molar-refractivity contribution is -0.133. The molecule has 0 bridgehead atoms. The predicted octanol–water partition coefficient (Wildman–Crippen LogP) is 1.25. The summed E-state index contributed by atoms with van der Waals surface area (Å²) in [5, 5.41) is 0. The summed E-state index contributed by atoms with van der Waals surface area (Å²) in [6.07, 6.45) is 1.93. The number of nitrogens with zero attached hydrogens (tertiary/aromatic N) is 3. The molecule has 7 nitrogen and oxygen atoms in total. The third-order valence-corrected chi connectivity index (χ3v) is 4.37. The van der Waals surface area contributed by atoms with Gasteiger partial charge in [0.2, 0.25) is 5.91 Å². The van der Waals surface area contributed by atoms with E-state index >= 15 is 0 Å². The fraction of sp³-hybridized carbons (Fsp3) is 0.438. The van der Waals surface area contributed by atoms with Gasteiger partial charge in [-0.25, -0.2) is 14.2 Å². The van der Waals surface area contributed by atoms with Gasteiger partial charge >= 0.3 is 6.03 Å². The summed E-state index contributed by atoms with van der Waals surface area (Å²) in [5.41, 5.74) is 6.64. The SMILES string of the molecule is CN(CCc1nc2ccc(F)cc2[nH]1)C(=O)[C@@H]1CCCN1C(N)=O. The topological polar surface area (TPSA) is 95.3 Å². The number of hydrogen-bond acceptors (Lipinski definition) is 3. The van der Waals surface area contributed by atoms with Crippen LogP contribution in [0, 0.1) is 5.82 Å². The van der Waals surface area contributed by atoms with Crippen molar-refractivity contribution in [3.8, 4) is 0 Å². The van der Waals surface area contributed by atoms with Gasteiger partial charge in [0.05, 0.1) is 11.0 Å². The molecule has 24 heavy (non-hydrogen) atoms. The Morgan fingerprint density at radius 1 is 1.50 bits per heavy atom. The first-order valence-corrected chi connectivity index (χ1v) is 7.91. The summed E-state index contributed by atoms with van der Waals surface area (Å²) < 4.78 is 13.2. The summed E-state index contributed by atoms with van der Waals surface area (Å²) in [5.74, 6) is 0.250. The van der Waals surface area contributed by atoms with E-state index in [9.17, 15) is 14.0 Å². The van der Waals surface area contributed by atoms with Crippen molar-refractivity contribution in [3.05, 3.63) is 29.8 Å². The fourth-order valence-corrected chi connectivity index (χ4v) is 3.08. The lowest BCUT2D eigenvalue weighted by atomic mass is 10.2. The number of carbonyl (C=O) groups excluding carboxylic acids is 2. The Labute approximate surface area is 138 Å². The van der Waals surface area contributed by atoms with Crippen molar-refractivity contribution in [1.82, 2.24) is 19.8 Å². The third-order valence-electron chi connectivity index (χ3n) is 4.37. The van der Waals surface area contributed by atoms with Gasteiger partial charge in [-0.3, -0.25) is 4.79 Å². The van der Waals surface area contributed by atoms with Gasteiger partial charge < -0.3 is 20.5 Å². The Bertz CT molecular complexity index is 775. The number of benzene rings is 1. The highest BCUT2D eigenvalue weighted by atomic mass is 19.1. The highest BCUT2D eigenvalue weighted by Gasteiger charge is 2.34. The number of aromatic nitrogens is 2. The highest BCUT2D eigenvalue weighted by molar-refractivity contribution is 5.87. The lowest BCUT2D eigenvalue weighted by Crippen LogP contribution is -2.48. The standard InChI is InChI=1S/C16H20FN5O2/c1-21(15(23)13-3-2-7-22(13)16(18)24)8-6-14-19-11-5-4-10(17)9-12(11)20-14/h4-5,9,13H,2-3,6-8H2,1H3,(H2,18,24)(H,19,20)/t13-/m0/s1. The molecule has 0 radical (unpaired) electrons. The number of likely N-dealkylation sites (N-methyl/N-ethyl adjacent to an activating group) is 1. The molecule has 0 spiro atoms. The molecule has 0 saturated carbocycles. The van der Waals surface area contributed by atoms with Gasteiger partial charge in [-0.1, -0.05) is 0 Å². The maximum absolute atomic E-state index is 13.2. The minimum Gasteiger partial charge on any atom is -0.351 e. The maximum atomic E-state index is 13.2. The molecule has 0 aliphatic carbocycles. The number of halogens is 1. The molecule has 3 N–H and O–H groups in total. The van der Waals surface area contributed by atoms with E-state index in [1.807, 2.05) is 0 Å². The number of carbonyl (C=O) groups is 2. The molecular weight excluding hydrogens is 313 g/mol. The number of amides is 3. The summed E-state index contributed by atoms with van der Waals surface area (Å²) >= 11 is 0. The number of fused-ring (bicyclic) bond motifs is 1. The molecule has 3 rings (SSSR count). The van der Waals surface area contributed by atoms with Crippen LogP contribution in [0.25, 0.3) is 11.0 Å². The van der Waals surface area contributed by atoms with Gasteiger partial charge in [0.15, 0.2) is 0 Å². The van der Waals surface area contributed by atoms with E-state index in [2.05, 4.69) is 9.97 Å². The Morgan fingerprint density at radius 3 is 3.04 bits per heavy atom. The second-order valence-corrected chi connectivity index (χ2v) is 6.04. The molecule has 0 unspecified atom stereocenters. The van der Waals surface area contributed by atoms with Crippen LogP contribution in [0.4, 0.5) is 9.18 Å². The number of nitrogens with one attached hydrogen (secondary N) is 1. The van der Waals surface area contributed by atoms with E-state index in [4.69, 9.17) is 5.73 Å². The first-order chi connectivity index (χ1) is 11.5. The molecule has 3 amide bonds. The quantitative estimate of drug-likeness (QED) is 0.881. The van der Waals surface area contributed by atoms with Crippen LogP contribution >= 0.6 is 0 Å². The van der Waals surface area contributed by atoms with Crippen molar-refractivity contribution in [2.45, 2.75) is 25.3 Å². The van der Waals surface area contributed by atoms with Gasteiger partial charge in [-0.15, -0.1) is 0 Å². The highest BCUT2D eigenvalue weighted by Crippen LogP contribution is 2.19. The smallest absolute Gasteiger partial charge is 0.315 e. The number of rotatable bonds is 4. The Hall–Kier alpha value is -2.64. The number of H-pyrrole nitrogens is 1. The summed E-state index contributed by atoms with van der Waals surface area (Å²) in [6, 6.07) is 3.34. The second-order valence-electron chi connectivity index (χ2n) is 6.04. The fourth-order valence-electron chi connectivity index (χ4n) is 3.08. The number of urea groups is 1. The molecule has 1 atom stereocenters. The Morgan fingerprint density at radius 2 is 2.29 bits per heavy atom. The van der Waals surface area contributed by atoms with Crippen molar-refractivity contribution in [3.63, 3.8) is 0 Å². The largest absolute Gasteiger partial charge is 0.351 e. The van der Waals surface area contributed by atoms with E-state index in [1.165, 1.54) is 17.0 Å². The van der Waals surface area contributed by atoms with Crippen LogP contribution in [0.2, 0.25) is 0 Å². The summed E-state index contributed by atoms with van der Waals surface area (Å²) in [6.45, 7) is 0.971. The molecule has 1 aliphatic rings. The first-order valence-electron chi connectivity index (χ1n) is 7.91. The molecular formula is C16H20FN5O2. The van der Waals surface area contributed by atoms with Crippen LogP contribution in [0.15, 0.2) is 18.2 Å². The number of nitrogens with two attached hydrogens (primary N) is 1. The summed E-state index contributed by atoms with van der Waals surface area (Å²) in [4.78, 5) is 34.3. The maximum Gasteiger partial charge on any atom is 0.315 e. The normalized spacial score (nSPS) is 17.4. The van der Waals surface area contributed by atoms with E-state index in [0.29, 0.717) is 42.8 Å². The van der Waals surface area contributed by atoms with E-state index in [0.717, 1.165) is 6.42 Å². The van der Waals surface area contributed by atoms with Crippen molar-refractivity contribution >= 4 is 23.0 Å². The molecule has 8 heteroatoms. The van der Waals surface area contributed by atoms with Crippen molar-refractivity contribution in [2.75, 3.05) is 20.1 Å². The molecule has 1 fully saturated rings. The first kappa shape index (κ1) is 16.2. The minimum absolute atomic E-state index is 0.117. The van der Waals surface area contributed by atoms with Crippen LogP contribution < -0.4 is 5.73 Å². The molecule has 1 aromatic heterocycles. The molecule has 1 aliphatic heterocycles. The average molecular weight is 333 g/mol. The van der Waals surface area contributed by atoms with Gasteiger partial charge in [-0.05, 0) is 31.0 Å². The van der Waals surface area contributed by atoms with Crippen LogP contribution in [0.3, 0.4) is 0 Å². The number of likely N-dealkylation sites (tertiary alicyclic amines) is 1. The third kappa shape index (κ3) is 3.17. The summed E-state index contributed by atoms with van der Waals surface area (Å²) in [7, 11) is 1.70. The molecule has 1 aromatic carbocycles. The molecule has 2 aromatic rings. The van der Waals surface area contributed by atoms with Crippen LogP contribution in [0.1, 0.15) is 18.7 Å². The van der Waals surface area contributed by atoms with Crippen LogP contribution in [0.5, 0.6) is 0 Å². The minimum atomic E-state index is -0.557. The van der Waals surface area contributed by atoms with Gasteiger partial charge in [0.25, 0.3) is 0 Å². The zero-order valence-electron chi connectivity index (χ0n) is 13.5. The van der Waals surface area contributed by atoms with E-state index in [-0.39, 0.29) is 11.7 Å². The lowest BCUT2D eigenvalue weighted by Gasteiger charge is -2.26. The van der Waals surface area contributed by atoms with E-state index < -0.39 is 12.1 Å². The number of primary amides is 1. The molecule has 1 saturated heterocycles. The monoisotopic (exact) mass is 333 g/mol. The van der Waals surface area contributed by atoms with Gasteiger partial charge in [0, 0.05) is 26.6 Å². The molecule has 2 heterocycles. The van der Waals surface area contributed by atoms with Crippen LogP contribution in [-0.4, -0.2) is 57.9 Å². The zero-order chi connectivity index (χ0) is 17.3. The van der Waals surface area contributed by atoms with Crippen LogP contribution in [-0.2, 0) is 11.2 Å². The molecule has 128 valence electrons. The van der Waals surface area contributed by atoms with Gasteiger partial charge in [-0.2, -0.15) is 0 Å². The van der Waals surface area contributed by atoms with Gasteiger partial charge in [0.1, 0.15) is 17.7 Å². The number of hydrogen-bond donors (Lipinski definition) is 2. The van der Waals surface area contributed by atoms with Crippen molar-refractivity contribution in [1.29, 1.82) is 0 Å². The Balaban J connectivity index is 1.62. The second kappa shape index (κ2) is 6.46. The number of aromatic amines is 1. The van der Waals surface area contributed by atoms with E-state index in [1.54, 1.807) is 18.0 Å². The predicted molar refractivity (Wildman–Crippen MR) is 86.7 cm³/mol. The zero-order valence-corrected chi connectivity index (χ0v) is 13.5. The Kier molecular flexibility index (Phi) is 4.37.